The predicted molar refractivity (Wildman–Crippen MR) is 100 cm³/mol. The van der Waals surface area contributed by atoms with Crippen molar-refractivity contribution in [3.63, 3.8) is 0 Å². The molecule has 1 aromatic rings. The van der Waals surface area contributed by atoms with Gasteiger partial charge in [-0.3, -0.25) is 4.79 Å². The number of methoxy groups -OCH3 is 1. The van der Waals surface area contributed by atoms with Crippen molar-refractivity contribution in [2.45, 2.75) is 63.6 Å². The van der Waals surface area contributed by atoms with Crippen molar-refractivity contribution in [1.29, 1.82) is 0 Å². The van der Waals surface area contributed by atoms with Crippen LogP contribution >= 0.6 is 0 Å². The Morgan fingerprint density at radius 3 is 2.65 bits per heavy atom. The largest absolute Gasteiger partial charge is 0.493 e. The van der Waals surface area contributed by atoms with E-state index < -0.39 is 0 Å². The van der Waals surface area contributed by atoms with Gasteiger partial charge in [0.05, 0.1) is 19.1 Å². The molecular weight excluding hydrogens is 328 g/mol. The minimum Gasteiger partial charge on any atom is -0.493 e. The average Bonchev–Trinajstić information content (AvgIpc) is 3.38. The van der Waals surface area contributed by atoms with Crippen molar-refractivity contribution in [2.75, 3.05) is 7.11 Å². The van der Waals surface area contributed by atoms with Gasteiger partial charge in [-0.25, -0.2) is 0 Å². The number of hydrogen-bond donors (Lipinski definition) is 2. The van der Waals surface area contributed by atoms with E-state index in [4.69, 9.17) is 15.2 Å². The Morgan fingerprint density at radius 1 is 1.19 bits per heavy atom. The maximum Gasteiger partial charge on any atom is 0.225 e. The lowest BCUT2D eigenvalue weighted by Gasteiger charge is -2.27. The van der Waals surface area contributed by atoms with Gasteiger partial charge in [0.1, 0.15) is 0 Å². The minimum absolute atomic E-state index is 0.0215. The summed E-state index contributed by atoms with van der Waals surface area (Å²) >= 11 is 0. The molecule has 3 aliphatic carbocycles. The molecule has 4 unspecified atom stereocenters. The van der Waals surface area contributed by atoms with Crippen LogP contribution in [-0.4, -0.2) is 25.2 Å². The van der Waals surface area contributed by atoms with Crippen LogP contribution in [0.3, 0.4) is 0 Å². The lowest BCUT2D eigenvalue weighted by Crippen LogP contribution is -2.45. The van der Waals surface area contributed by atoms with E-state index in [9.17, 15) is 4.79 Å². The highest BCUT2D eigenvalue weighted by atomic mass is 16.5. The molecule has 3 N–H and O–H groups in total. The van der Waals surface area contributed by atoms with Crippen LogP contribution in [0.25, 0.3) is 0 Å². The molecule has 0 heterocycles. The summed E-state index contributed by atoms with van der Waals surface area (Å²) in [6.07, 6.45) is 8.31. The summed E-state index contributed by atoms with van der Waals surface area (Å²) in [6, 6.07) is 5.90. The first-order valence-electron chi connectivity index (χ1n) is 10.0. The van der Waals surface area contributed by atoms with Gasteiger partial charge in [0.2, 0.25) is 5.91 Å². The van der Waals surface area contributed by atoms with Crippen LogP contribution in [0.1, 0.15) is 50.5 Å². The van der Waals surface area contributed by atoms with Gasteiger partial charge in [0.15, 0.2) is 11.5 Å². The van der Waals surface area contributed by atoms with E-state index in [0.717, 1.165) is 42.7 Å². The number of fused-ring (bicyclic) bond motifs is 2. The topological polar surface area (TPSA) is 73.6 Å². The van der Waals surface area contributed by atoms with Crippen LogP contribution in [0, 0.1) is 17.8 Å². The van der Waals surface area contributed by atoms with Gasteiger partial charge in [0, 0.05) is 18.2 Å². The van der Waals surface area contributed by atoms with Gasteiger partial charge in [-0.2, -0.15) is 0 Å². The van der Waals surface area contributed by atoms with E-state index >= 15 is 0 Å². The molecule has 5 heteroatoms. The molecule has 0 aromatic heterocycles. The van der Waals surface area contributed by atoms with E-state index in [1.54, 1.807) is 7.11 Å². The molecule has 26 heavy (non-hydrogen) atoms. The Bertz CT molecular complexity index is 655. The fourth-order valence-electron chi connectivity index (χ4n) is 5.19. The van der Waals surface area contributed by atoms with Crippen molar-refractivity contribution in [1.82, 2.24) is 5.32 Å². The molecule has 5 nitrogen and oxygen atoms in total. The number of carbonyl (C=O) groups is 1. The molecule has 0 aliphatic heterocycles. The van der Waals surface area contributed by atoms with E-state index in [-0.39, 0.29) is 24.0 Å². The number of amides is 1. The number of nitrogens with two attached hydrogens (primary N) is 1. The molecule has 0 spiro atoms. The summed E-state index contributed by atoms with van der Waals surface area (Å²) in [5.41, 5.74) is 7.29. The molecule has 142 valence electrons. The van der Waals surface area contributed by atoms with E-state index in [1.165, 1.54) is 19.3 Å². The van der Waals surface area contributed by atoms with Crippen molar-refractivity contribution in [2.24, 2.45) is 23.5 Å². The minimum atomic E-state index is -0.0291. The average molecular weight is 358 g/mol. The Kier molecular flexibility index (Phi) is 5.07. The highest BCUT2D eigenvalue weighted by Gasteiger charge is 2.48. The maximum absolute atomic E-state index is 12.8. The van der Waals surface area contributed by atoms with Crippen molar-refractivity contribution >= 4 is 5.91 Å². The van der Waals surface area contributed by atoms with Crippen LogP contribution in [0.4, 0.5) is 0 Å². The number of hydrogen-bond acceptors (Lipinski definition) is 4. The smallest absolute Gasteiger partial charge is 0.225 e. The maximum atomic E-state index is 12.8. The first-order chi connectivity index (χ1) is 12.7. The van der Waals surface area contributed by atoms with Gasteiger partial charge in [-0.05, 0) is 62.8 Å². The Labute approximate surface area is 155 Å². The molecule has 0 saturated heterocycles. The SMILES string of the molecule is COc1cccc(CNC(=O)C2C3CCC(C3)C2N)c1OC1CCCC1. The third-order valence-corrected chi connectivity index (χ3v) is 6.60. The number of ether oxygens (including phenoxy) is 2. The van der Waals surface area contributed by atoms with E-state index in [2.05, 4.69) is 5.32 Å². The highest BCUT2D eigenvalue weighted by molar-refractivity contribution is 5.80. The van der Waals surface area contributed by atoms with Gasteiger partial charge in [-0.1, -0.05) is 12.1 Å². The molecule has 4 atom stereocenters. The Hall–Kier alpha value is -1.75. The van der Waals surface area contributed by atoms with Crippen molar-refractivity contribution in [3.05, 3.63) is 23.8 Å². The fourth-order valence-corrected chi connectivity index (χ4v) is 5.19. The first kappa shape index (κ1) is 17.7. The quantitative estimate of drug-likeness (QED) is 0.820. The van der Waals surface area contributed by atoms with Gasteiger partial charge >= 0.3 is 0 Å². The normalized spacial score (nSPS) is 30.5. The second kappa shape index (κ2) is 7.47. The lowest BCUT2D eigenvalue weighted by atomic mass is 9.84. The molecular formula is C21H30N2O3. The third kappa shape index (κ3) is 3.29. The molecule has 4 rings (SSSR count). The summed E-state index contributed by atoms with van der Waals surface area (Å²) in [4.78, 5) is 12.8. The molecule has 2 bridgehead atoms. The second-order valence-corrected chi connectivity index (χ2v) is 8.13. The predicted octanol–water partition coefficient (Wildman–Crippen LogP) is 3.01. The molecule has 3 aliphatic rings. The number of benzene rings is 1. The second-order valence-electron chi connectivity index (χ2n) is 8.13. The van der Waals surface area contributed by atoms with Crippen molar-refractivity contribution < 1.29 is 14.3 Å². The lowest BCUT2D eigenvalue weighted by molar-refractivity contribution is -0.127. The fraction of sp³-hybridized carbons (Fsp3) is 0.667. The molecule has 1 amide bonds. The van der Waals surface area contributed by atoms with Gasteiger partial charge < -0.3 is 20.5 Å². The highest BCUT2D eigenvalue weighted by Crippen LogP contribution is 2.47. The monoisotopic (exact) mass is 358 g/mol. The van der Waals surface area contributed by atoms with Crippen LogP contribution in [0.5, 0.6) is 11.5 Å². The zero-order valence-electron chi connectivity index (χ0n) is 15.6. The third-order valence-electron chi connectivity index (χ3n) is 6.60. The molecule has 0 radical (unpaired) electrons. The summed E-state index contributed by atoms with van der Waals surface area (Å²) < 4.78 is 11.8. The molecule has 3 fully saturated rings. The van der Waals surface area contributed by atoms with Crippen molar-refractivity contribution in [3.8, 4) is 11.5 Å². The van der Waals surface area contributed by atoms with Crippen LogP contribution < -0.4 is 20.5 Å². The van der Waals surface area contributed by atoms with E-state index in [1.807, 2.05) is 18.2 Å². The summed E-state index contributed by atoms with van der Waals surface area (Å²) in [7, 11) is 1.66. The van der Waals surface area contributed by atoms with E-state index in [0.29, 0.717) is 18.4 Å². The van der Waals surface area contributed by atoms with Gasteiger partial charge in [-0.15, -0.1) is 0 Å². The van der Waals surface area contributed by atoms with Crippen LogP contribution in [-0.2, 0) is 11.3 Å². The summed E-state index contributed by atoms with van der Waals surface area (Å²) in [5.74, 6) is 2.58. The first-order valence-corrected chi connectivity index (χ1v) is 10.0. The summed E-state index contributed by atoms with van der Waals surface area (Å²) in [6.45, 7) is 0.457. The number of para-hydroxylation sites is 1. The van der Waals surface area contributed by atoms with Crippen LogP contribution in [0.15, 0.2) is 18.2 Å². The molecule has 3 saturated carbocycles. The Morgan fingerprint density at radius 2 is 1.96 bits per heavy atom. The van der Waals surface area contributed by atoms with Crippen LogP contribution in [0.2, 0.25) is 0 Å². The Balaban J connectivity index is 1.44. The zero-order chi connectivity index (χ0) is 18.1. The molecule has 1 aromatic carbocycles. The summed E-state index contributed by atoms with van der Waals surface area (Å²) in [5, 5.41) is 3.12. The number of rotatable bonds is 6. The standard InChI is InChI=1S/C21H30N2O3/c1-25-17-8-4-5-15(20(17)26-16-6-2-3-7-16)12-23-21(24)18-13-9-10-14(11-13)19(18)22/h4-5,8,13-14,16,18-19H,2-3,6-7,9-12,22H2,1H3,(H,23,24). The zero-order valence-corrected chi connectivity index (χ0v) is 15.6. The number of carbonyl (C=O) groups excluding carboxylic acids is 1. The van der Waals surface area contributed by atoms with Gasteiger partial charge in [0.25, 0.3) is 0 Å². The number of nitrogens with one attached hydrogen (secondary N) is 1.